The Morgan fingerprint density at radius 2 is 1.52 bits per heavy atom. The van der Waals surface area contributed by atoms with Crippen molar-refractivity contribution in [3.05, 3.63) is 12.2 Å². The van der Waals surface area contributed by atoms with E-state index in [0.717, 1.165) is 23.5 Å². The predicted octanol–water partition coefficient (Wildman–Crippen LogP) is 7.25. The second kappa shape index (κ2) is 9.26. The normalized spacial score (nSPS) is 29.4. The van der Waals surface area contributed by atoms with Crippen molar-refractivity contribution in [2.75, 3.05) is 37.0 Å². The zero-order chi connectivity index (χ0) is 23.1. The van der Waals surface area contributed by atoms with Crippen LogP contribution in [0, 0.1) is 11.3 Å². The molecule has 1 saturated carbocycles. The number of rotatable bonds is 10. The summed E-state index contributed by atoms with van der Waals surface area (Å²) in [4.78, 5) is 0. The van der Waals surface area contributed by atoms with E-state index in [2.05, 4.69) is 74.9 Å². The van der Waals surface area contributed by atoms with Gasteiger partial charge in [0, 0.05) is 0 Å². The predicted molar refractivity (Wildman–Crippen MR) is 150 cm³/mol. The summed E-state index contributed by atoms with van der Waals surface area (Å²) < 4.78 is 7.01. The Hall–Kier alpha value is 0.665. The van der Waals surface area contributed by atoms with Crippen LogP contribution in [0.3, 0.4) is 0 Å². The Balaban J connectivity index is 3.40. The summed E-state index contributed by atoms with van der Waals surface area (Å²) in [7, 11) is 6.54. The van der Waals surface area contributed by atoms with Crippen LogP contribution in [0.4, 0.5) is 0 Å². The second-order valence-electron chi connectivity index (χ2n) is 11.0. The highest BCUT2D eigenvalue weighted by Gasteiger charge is 2.50. The van der Waals surface area contributed by atoms with E-state index in [4.69, 9.17) is 25.2 Å². The molecule has 0 bridgehead atoms. The van der Waals surface area contributed by atoms with Crippen molar-refractivity contribution in [3.8, 4) is 0 Å². The van der Waals surface area contributed by atoms with E-state index in [1.165, 1.54) is 12.3 Å². The van der Waals surface area contributed by atoms with Crippen molar-refractivity contribution >= 4 is 47.4 Å². The molecule has 29 heavy (non-hydrogen) atoms. The average Bonchev–Trinajstić information content (AvgIpc) is 2.75. The fraction of sp³-hybridized carbons (Fsp3) is 0.792. The summed E-state index contributed by atoms with van der Waals surface area (Å²) in [5.74, 6) is 2.61. The Morgan fingerprint density at radius 1 is 1.03 bits per heavy atom. The van der Waals surface area contributed by atoms with Gasteiger partial charge in [0.05, 0.1) is 19.3 Å². The first-order chi connectivity index (χ1) is 12.9. The van der Waals surface area contributed by atoms with Crippen molar-refractivity contribution < 1.29 is 4.74 Å². The highest BCUT2D eigenvalue weighted by atomic mass is 31.2. The molecule has 0 N–H and O–H groups in total. The third-order valence-electron chi connectivity index (χ3n) is 8.04. The van der Waals surface area contributed by atoms with Gasteiger partial charge in [-0.2, -0.15) is 0 Å². The molecule has 5 atom stereocenters. The maximum atomic E-state index is 7.01. The van der Waals surface area contributed by atoms with Gasteiger partial charge in [-0.25, -0.2) is 0 Å². The van der Waals surface area contributed by atoms with Crippen LogP contribution in [-0.4, -0.2) is 75.1 Å². The lowest BCUT2D eigenvalue weighted by Gasteiger charge is -2.47. The first-order valence-corrected chi connectivity index (χ1v) is 18.8. The molecule has 2 radical (unpaired) electrons. The Bertz CT molecular complexity index is 741. The molecule has 1 aliphatic rings. The van der Waals surface area contributed by atoms with E-state index < -0.39 is 20.7 Å². The molecule has 0 amide bonds. The summed E-state index contributed by atoms with van der Waals surface area (Å²) in [6.07, 6.45) is 17.9. The zero-order valence-electron chi connectivity index (χ0n) is 20.9. The van der Waals surface area contributed by atoms with Gasteiger partial charge < -0.3 is 4.74 Å². The zero-order valence-corrected chi connectivity index (χ0v) is 23.6. The number of hydrogen-bond acceptors (Lipinski definition) is 1. The van der Waals surface area contributed by atoms with Gasteiger partial charge in [-0.3, -0.25) is 0 Å². The van der Waals surface area contributed by atoms with Crippen LogP contribution in [0.25, 0.3) is 0 Å². The summed E-state index contributed by atoms with van der Waals surface area (Å²) in [6.45, 7) is 20.7. The lowest BCUT2D eigenvalue weighted by atomic mass is 9.66. The van der Waals surface area contributed by atoms with Crippen LogP contribution in [-0.2, 0) is 4.74 Å². The Morgan fingerprint density at radius 3 is 1.86 bits per heavy atom. The van der Waals surface area contributed by atoms with Crippen LogP contribution >= 0.6 is 20.7 Å². The highest BCUT2D eigenvalue weighted by molar-refractivity contribution is 7.96. The first-order valence-electron chi connectivity index (χ1n) is 11.1. The summed E-state index contributed by atoms with van der Waals surface area (Å²) in [6, 6.07) is 0. The third-order valence-corrected chi connectivity index (χ3v) is 24.1. The van der Waals surface area contributed by atoms with Gasteiger partial charge >= 0.3 is 0 Å². The highest BCUT2D eigenvalue weighted by Crippen LogP contribution is 2.73. The first kappa shape index (κ1) is 27.7. The minimum Gasteiger partial charge on any atom is -0.363 e. The van der Waals surface area contributed by atoms with Gasteiger partial charge in [-0.05, 0) is 68.0 Å². The molecular weight excluding hydrogens is 408 g/mol. The molecule has 2 unspecified atom stereocenters. The lowest BCUT2D eigenvalue weighted by Crippen LogP contribution is -2.36. The molecule has 0 heterocycles. The smallest absolute Gasteiger partial charge is 0.0821 e. The van der Waals surface area contributed by atoms with Crippen LogP contribution in [0.1, 0.15) is 55.4 Å². The molecule has 0 aliphatic heterocycles. The molecule has 1 fully saturated rings. The Kier molecular flexibility index (Phi) is 8.85. The van der Waals surface area contributed by atoms with Crippen molar-refractivity contribution in [2.24, 2.45) is 11.3 Å². The maximum Gasteiger partial charge on any atom is 0.0821 e. The van der Waals surface area contributed by atoms with E-state index in [1.54, 1.807) is 0 Å². The summed E-state index contributed by atoms with van der Waals surface area (Å²) >= 11 is 0. The maximum absolute atomic E-state index is 7.01. The van der Waals surface area contributed by atoms with Gasteiger partial charge in [-0.15, -0.1) is 26.4 Å². The van der Waals surface area contributed by atoms with Gasteiger partial charge in [0.2, 0.25) is 0 Å². The van der Waals surface area contributed by atoms with Crippen LogP contribution in [0.5, 0.6) is 0 Å². The molecule has 5 heteroatoms. The topological polar surface area (TPSA) is 9.23 Å². The summed E-state index contributed by atoms with van der Waals surface area (Å²) in [5, 5.41) is -0.295. The number of hydrogen-bond donors (Lipinski definition) is 0. The standard InChI is InChI=1S/C24H48BOP3/c1-14-27(10,11)17-29(13,18-28(12,15-2)16-3)24(8,9)26-21-19(4)22(25)23(6,7)20(21)5/h20-22H,4,10,12-18H2,1-3,5-9,11H3/t20-,21+,22-,27?,29?/m1/s1. The molecule has 1 aliphatic carbocycles. The molecule has 0 saturated heterocycles. The minimum absolute atomic E-state index is 0.00652. The number of ether oxygens (including phenoxy) is 1. The van der Waals surface area contributed by atoms with Crippen molar-refractivity contribution in [1.29, 1.82) is 0 Å². The van der Waals surface area contributed by atoms with Crippen LogP contribution < -0.4 is 0 Å². The second-order valence-corrected chi connectivity index (χ2v) is 24.4. The lowest BCUT2D eigenvalue weighted by molar-refractivity contribution is -0.0292. The fourth-order valence-electron chi connectivity index (χ4n) is 4.39. The molecule has 0 aromatic rings. The molecule has 0 spiro atoms. The van der Waals surface area contributed by atoms with Crippen LogP contribution in [0.2, 0.25) is 5.82 Å². The van der Waals surface area contributed by atoms with Crippen molar-refractivity contribution in [3.63, 3.8) is 0 Å². The third kappa shape index (κ3) is 5.73. The SMILES string of the molecule is [B][C@@H]1C(=C)[C@H](OC(C)(C)P(=C)(CP(=C)(C)CC)CP(=C)(CC)CC)[C@@H](C)C1(C)C. The van der Waals surface area contributed by atoms with E-state index in [1.807, 2.05) is 0 Å². The largest absolute Gasteiger partial charge is 0.363 e. The average molecular weight is 456 g/mol. The molecular formula is C24H48BOP3. The van der Waals surface area contributed by atoms with Gasteiger partial charge in [0.15, 0.2) is 0 Å². The Labute approximate surface area is 185 Å². The molecule has 0 aromatic heterocycles. The minimum atomic E-state index is -1.71. The van der Waals surface area contributed by atoms with Crippen molar-refractivity contribution in [1.82, 2.24) is 0 Å². The fourth-order valence-corrected chi connectivity index (χ4v) is 21.3. The summed E-state index contributed by atoms with van der Waals surface area (Å²) in [5.41, 5.74) is 1.04. The van der Waals surface area contributed by atoms with Crippen molar-refractivity contribution in [2.45, 2.75) is 72.7 Å². The van der Waals surface area contributed by atoms with E-state index in [-0.39, 0.29) is 22.7 Å². The monoisotopic (exact) mass is 456 g/mol. The van der Waals surface area contributed by atoms with Gasteiger partial charge in [0.25, 0.3) is 0 Å². The molecule has 168 valence electrons. The van der Waals surface area contributed by atoms with Gasteiger partial charge in [0.1, 0.15) is 0 Å². The van der Waals surface area contributed by atoms with Gasteiger partial charge in [-0.1, -0.05) is 66.9 Å². The molecule has 1 nitrogen and oxygen atoms in total. The molecule has 1 rings (SSSR count). The quantitative estimate of drug-likeness (QED) is 0.191. The van der Waals surface area contributed by atoms with E-state index in [9.17, 15) is 0 Å². The van der Waals surface area contributed by atoms with Crippen LogP contribution in [0.15, 0.2) is 12.2 Å². The van der Waals surface area contributed by atoms with E-state index >= 15 is 0 Å². The molecule has 0 aromatic carbocycles. The van der Waals surface area contributed by atoms with E-state index in [0.29, 0.717) is 5.92 Å².